The smallest absolute Gasteiger partial charge is 0.252 e. The van der Waals surface area contributed by atoms with Crippen LogP contribution in [0.2, 0.25) is 0 Å². The summed E-state index contributed by atoms with van der Waals surface area (Å²) < 4.78 is 0. The van der Waals surface area contributed by atoms with Crippen LogP contribution in [0, 0.1) is 5.92 Å². The summed E-state index contributed by atoms with van der Waals surface area (Å²) in [5.41, 5.74) is 3.68. The van der Waals surface area contributed by atoms with Gasteiger partial charge in [-0.2, -0.15) is 0 Å². The second kappa shape index (κ2) is 8.32. The average molecular weight is 311 g/mol. The molecular formula is C19H25N3O. The highest BCUT2D eigenvalue weighted by Gasteiger charge is 2.08. The van der Waals surface area contributed by atoms with Gasteiger partial charge in [-0.25, -0.2) is 0 Å². The van der Waals surface area contributed by atoms with Gasteiger partial charge in [-0.1, -0.05) is 39.0 Å². The van der Waals surface area contributed by atoms with Crippen molar-refractivity contribution in [3.05, 3.63) is 53.9 Å². The molecule has 2 rings (SSSR count). The minimum absolute atomic E-state index is 0.0782. The first-order valence-electron chi connectivity index (χ1n) is 8.18. The van der Waals surface area contributed by atoms with Crippen molar-refractivity contribution >= 4 is 17.3 Å². The summed E-state index contributed by atoms with van der Waals surface area (Å²) in [6, 6.07) is 9.99. The van der Waals surface area contributed by atoms with Gasteiger partial charge in [0.2, 0.25) is 0 Å². The molecule has 1 amide bonds. The van der Waals surface area contributed by atoms with Gasteiger partial charge < -0.3 is 10.6 Å². The topological polar surface area (TPSA) is 54.0 Å². The number of aromatic nitrogens is 1. The fourth-order valence-electron chi connectivity index (χ4n) is 2.31. The molecule has 0 aliphatic carbocycles. The van der Waals surface area contributed by atoms with Crippen LogP contribution >= 0.6 is 0 Å². The second-order valence-electron chi connectivity index (χ2n) is 6.04. The highest BCUT2D eigenvalue weighted by atomic mass is 16.1. The van der Waals surface area contributed by atoms with Crippen LogP contribution in [0.15, 0.2) is 42.7 Å². The predicted octanol–water partition coefficient (Wildman–Crippen LogP) is 4.16. The standard InChI is InChI=1S/C19H25N3O/c1-4-15-7-5-6-8-18(15)22-17-11-16(12-20-13-17)19(23)21-10-9-14(2)3/h5-8,11-14,22H,4,9-10H2,1-3H3,(H,21,23). The molecule has 23 heavy (non-hydrogen) atoms. The lowest BCUT2D eigenvalue weighted by atomic mass is 10.1. The molecule has 4 heteroatoms. The average Bonchev–Trinajstić information content (AvgIpc) is 2.55. The molecule has 1 heterocycles. The third kappa shape index (κ3) is 5.09. The van der Waals surface area contributed by atoms with Crippen LogP contribution in [0.1, 0.15) is 43.1 Å². The van der Waals surface area contributed by atoms with Gasteiger partial charge in [-0.05, 0) is 36.5 Å². The number of anilines is 2. The molecule has 0 saturated carbocycles. The van der Waals surface area contributed by atoms with E-state index in [4.69, 9.17) is 0 Å². The van der Waals surface area contributed by atoms with E-state index in [9.17, 15) is 4.79 Å². The quantitative estimate of drug-likeness (QED) is 0.807. The van der Waals surface area contributed by atoms with Crippen molar-refractivity contribution in [2.24, 2.45) is 5.92 Å². The highest BCUT2D eigenvalue weighted by molar-refractivity contribution is 5.94. The molecule has 122 valence electrons. The van der Waals surface area contributed by atoms with Gasteiger partial charge in [-0.15, -0.1) is 0 Å². The molecule has 0 unspecified atom stereocenters. The number of nitrogens with one attached hydrogen (secondary N) is 2. The Balaban J connectivity index is 2.06. The Morgan fingerprint density at radius 3 is 2.74 bits per heavy atom. The summed E-state index contributed by atoms with van der Waals surface area (Å²) in [6.07, 6.45) is 5.26. The third-order valence-corrected chi connectivity index (χ3v) is 3.68. The van der Waals surface area contributed by atoms with Crippen LogP contribution in [0.5, 0.6) is 0 Å². The van der Waals surface area contributed by atoms with Crippen molar-refractivity contribution in [2.75, 3.05) is 11.9 Å². The van der Waals surface area contributed by atoms with E-state index in [1.54, 1.807) is 12.4 Å². The lowest BCUT2D eigenvalue weighted by molar-refractivity contribution is 0.0951. The second-order valence-corrected chi connectivity index (χ2v) is 6.04. The highest BCUT2D eigenvalue weighted by Crippen LogP contribution is 2.21. The molecule has 0 fully saturated rings. The summed E-state index contributed by atoms with van der Waals surface area (Å²) in [6.45, 7) is 7.09. The van der Waals surface area contributed by atoms with Crippen LogP contribution in [0.25, 0.3) is 0 Å². The van der Waals surface area contributed by atoms with Crippen molar-refractivity contribution in [1.29, 1.82) is 0 Å². The summed E-state index contributed by atoms with van der Waals surface area (Å²) >= 11 is 0. The van der Waals surface area contributed by atoms with E-state index in [1.807, 2.05) is 24.3 Å². The number of amides is 1. The van der Waals surface area contributed by atoms with Crippen molar-refractivity contribution in [2.45, 2.75) is 33.6 Å². The largest absolute Gasteiger partial charge is 0.354 e. The number of rotatable bonds is 7. The van der Waals surface area contributed by atoms with Crippen molar-refractivity contribution in [3.63, 3.8) is 0 Å². The number of carbonyl (C=O) groups excluding carboxylic acids is 1. The van der Waals surface area contributed by atoms with E-state index in [2.05, 4.69) is 42.5 Å². The summed E-state index contributed by atoms with van der Waals surface area (Å²) in [5.74, 6) is 0.498. The fourth-order valence-corrected chi connectivity index (χ4v) is 2.31. The molecule has 0 aliphatic rings. The molecule has 2 aromatic rings. The van der Waals surface area contributed by atoms with Gasteiger partial charge >= 0.3 is 0 Å². The number of carbonyl (C=O) groups is 1. The SMILES string of the molecule is CCc1ccccc1Nc1cncc(C(=O)NCCC(C)C)c1. The monoisotopic (exact) mass is 311 g/mol. The van der Waals surface area contributed by atoms with Crippen LogP contribution in [-0.2, 0) is 6.42 Å². The van der Waals surface area contributed by atoms with Gasteiger partial charge in [0.15, 0.2) is 0 Å². The van der Waals surface area contributed by atoms with E-state index in [-0.39, 0.29) is 5.91 Å². The number of nitrogens with zero attached hydrogens (tertiary/aromatic N) is 1. The maximum Gasteiger partial charge on any atom is 0.252 e. The zero-order valence-electron chi connectivity index (χ0n) is 14.1. The molecule has 0 bridgehead atoms. The van der Waals surface area contributed by atoms with Crippen molar-refractivity contribution < 1.29 is 4.79 Å². The molecule has 0 spiro atoms. The Kier molecular flexibility index (Phi) is 6.15. The Labute approximate surface area is 138 Å². The maximum atomic E-state index is 12.2. The van der Waals surface area contributed by atoms with Crippen LogP contribution in [0.4, 0.5) is 11.4 Å². The third-order valence-electron chi connectivity index (χ3n) is 3.68. The Bertz CT molecular complexity index is 653. The van der Waals surface area contributed by atoms with Crippen LogP contribution in [0.3, 0.4) is 0 Å². The van der Waals surface area contributed by atoms with E-state index in [0.717, 1.165) is 24.2 Å². The van der Waals surface area contributed by atoms with Crippen LogP contribution in [-0.4, -0.2) is 17.4 Å². The molecule has 2 N–H and O–H groups in total. The number of aryl methyl sites for hydroxylation is 1. The predicted molar refractivity (Wildman–Crippen MR) is 95.1 cm³/mol. The Hall–Kier alpha value is -2.36. The number of hydrogen-bond donors (Lipinski definition) is 2. The Morgan fingerprint density at radius 1 is 1.22 bits per heavy atom. The fraction of sp³-hybridized carbons (Fsp3) is 0.368. The molecule has 0 radical (unpaired) electrons. The minimum atomic E-state index is -0.0782. The van der Waals surface area contributed by atoms with E-state index in [1.165, 1.54) is 5.56 Å². The zero-order chi connectivity index (χ0) is 16.7. The van der Waals surface area contributed by atoms with E-state index in [0.29, 0.717) is 18.0 Å². The van der Waals surface area contributed by atoms with E-state index < -0.39 is 0 Å². The summed E-state index contributed by atoms with van der Waals surface area (Å²) in [4.78, 5) is 16.4. The van der Waals surface area contributed by atoms with Crippen molar-refractivity contribution in [3.8, 4) is 0 Å². The first-order valence-corrected chi connectivity index (χ1v) is 8.18. The van der Waals surface area contributed by atoms with Gasteiger partial charge in [-0.3, -0.25) is 9.78 Å². The molecule has 1 aromatic heterocycles. The van der Waals surface area contributed by atoms with Crippen molar-refractivity contribution in [1.82, 2.24) is 10.3 Å². The minimum Gasteiger partial charge on any atom is -0.354 e. The summed E-state index contributed by atoms with van der Waals surface area (Å²) in [5, 5.41) is 6.29. The lowest BCUT2D eigenvalue weighted by Gasteiger charge is -2.12. The molecule has 0 aliphatic heterocycles. The first-order chi connectivity index (χ1) is 11.1. The number of hydrogen-bond acceptors (Lipinski definition) is 3. The van der Waals surface area contributed by atoms with E-state index >= 15 is 0 Å². The summed E-state index contributed by atoms with van der Waals surface area (Å²) in [7, 11) is 0. The van der Waals surface area contributed by atoms with Crippen LogP contribution < -0.4 is 10.6 Å². The first kappa shape index (κ1) is 17.0. The molecular weight excluding hydrogens is 286 g/mol. The lowest BCUT2D eigenvalue weighted by Crippen LogP contribution is -2.25. The number of pyridine rings is 1. The maximum absolute atomic E-state index is 12.2. The molecule has 4 nitrogen and oxygen atoms in total. The van der Waals surface area contributed by atoms with Gasteiger partial charge in [0.1, 0.15) is 0 Å². The molecule has 0 saturated heterocycles. The normalized spacial score (nSPS) is 10.6. The zero-order valence-corrected chi connectivity index (χ0v) is 14.1. The van der Waals surface area contributed by atoms with Gasteiger partial charge in [0.25, 0.3) is 5.91 Å². The van der Waals surface area contributed by atoms with Gasteiger partial charge in [0.05, 0.1) is 17.4 Å². The Morgan fingerprint density at radius 2 is 2.00 bits per heavy atom. The van der Waals surface area contributed by atoms with Gasteiger partial charge in [0, 0.05) is 18.4 Å². The number of benzene rings is 1. The molecule has 0 atom stereocenters. The number of para-hydroxylation sites is 1. The molecule has 1 aromatic carbocycles.